The van der Waals surface area contributed by atoms with E-state index in [1.165, 1.54) is 32.1 Å². The van der Waals surface area contributed by atoms with E-state index in [4.69, 9.17) is 20.8 Å². The van der Waals surface area contributed by atoms with E-state index in [0.717, 1.165) is 26.7 Å². The van der Waals surface area contributed by atoms with Gasteiger partial charge in [0, 0.05) is 26.4 Å². The number of fused-ring (bicyclic) bond motifs is 1. The number of ether oxygens (including phenoxy) is 1. The standard InChI is InChI=1S/C23H22BrClO3S/c1-14-11-15(24)12-19(25)21(14)28-23(26)22-18(13-29-16-7-3-2-4-8-16)17-9-5-6-10-20(17)27-22/h5-6,9-12,16H,2-4,7-8,13H2,1H3. The van der Waals surface area contributed by atoms with Crippen molar-refractivity contribution in [1.82, 2.24) is 0 Å². The third-order valence-electron chi connectivity index (χ3n) is 5.29. The van der Waals surface area contributed by atoms with Gasteiger partial charge in [0.25, 0.3) is 0 Å². The highest BCUT2D eigenvalue weighted by Crippen LogP contribution is 2.37. The van der Waals surface area contributed by atoms with Crippen molar-refractivity contribution in [2.24, 2.45) is 0 Å². The largest absolute Gasteiger partial charge is 0.449 e. The van der Waals surface area contributed by atoms with Gasteiger partial charge >= 0.3 is 5.97 Å². The number of aryl methyl sites for hydroxylation is 1. The highest BCUT2D eigenvalue weighted by atomic mass is 79.9. The topological polar surface area (TPSA) is 39.4 Å². The zero-order valence-electron chi connectivity index (χ0n) is 16.2. The summed E-state index contributed by atoms with van der Waals surface area (Å²) in [5.74, 6) is 0.867. The van der Waals surface area contributed by atoms with Gasteiger partial charge in [0.05, 0.1) is 5.02 Å². The van der Waals surface area contributed by atoms with Gasteiger partial charge < -0.3 is 9.15 Å². The van der Waals surface area contributed by atoms with Gasteiger partial charge in [-0.3, -0.25) is 0 Å². The van der Waals surface area contributed by atoms with Crippen LogP contribution < -0.4 is 4.74 Å². The van der Waals surface area contributed by atoms with Gasteiger partial charge in [-0.1, -0.05) is 65.0 Å². The highest BCUT2D eigenvalue weighted by molar-refractivity contribution is 9.10. The van der Waals surface area contributed by atoms with E-state index < -0.39 is 5.97 Å². The Morgan fingerprint density at radius 2 is 2.00 bits per heavy atom. The minimum absolute atomic E-state index is 0.271. The Balaban J connectivity index is 1.63. The fraction of sp³-hybridized carbons (Fsp3) is 0.348. The lowest BCUT2D eigenvalue weighted by atomic mass is 10.0. The number of furan rings is 1. The average molecular weight is 494 g/mol. The summed E-state index contributed by atoms with van der Waals surface area (Å²) in [5, 5.41) is 2.00. The molecule has 29 heavy (non-hydrogen) atoms. The summed E-state index contributed by atoms with van der Waals surface area (Å²) in [6.45, 7) is 1.86. The molecule has 4 rings (SSSR count). The van der Waals surface area contributed by atoms with Gasteiger partial charge in [-0.2, -0.15) is 11.8 Å². The Kier molecular flexibility index (Phi) is 6.57. The molecule has 6 heteroatoms. The van der Waals surface area contributed by atoms with Gasteiger partial charge in [0.15, 0.2) is 5.75 Å². The van der Waals surface area contributed by atoms with Crippen molar-refractivity contribution in [3.05, 3.63) is 62.8 Å². The first-order chi connectivity index (χ1) is 14.0. The number of halogens is 2. The maximum Gasteiger partial charge on any atom is 0.380 e. The van der Waals surface area contributed by atoms with Gasteiger partial charge in [-0.05, 0) is 43.5 Å². The van der Waals surface area contributed by atoms with Crippen LogP contribution in [0, 0.1) is 6.92 Å². The second kappa shape index (κ2) is 9.15. The Hall–Kier alpha value is -1.43. The van der Waals surface area contributed by atoms with Crippen molar-refractivity contribution in [3.63, 3.8) is 0 Å². The zero-order chi connectivity index (χ0) is 20.4. The minimum atomic E-state index is -0.507. The number of thioether (sulfide) groups is 1. The van der Waals surface area contributed by atoms with Crippen molar-refractivity contribution in [3.8, 4) is 5.75 Å². The third-order valence-corrected chi connectivity index (χ3v) is 7.42. The lowest BCUT2D eigenvalue weighted by Gasteiger charge is -2.20. The second-order valence-corrected chi connectivity index (χ2v) is 10.0. The number of benzene rings is 2. The molecule has 0 radical (unpaired) electrons. The van der Waals surface area contributed by atoms with Gasteiger partial charge in [0.1, 0.15) is 5.58 Å². The van der Waals surface area contributed by atoms with Crippen molar-refractivity contribution in [1.29, 1.82) is 0 Å². The molecule has 3 aromatic rings. The summed E-state index contributed by atoms with van der Waals surface area (Å²) in [6, 6.07) is 11.4. The summed E-state index contributed by atoms with van der Waals surface area (Å²) in [5.41, 5.74) is 2.40. The molecule has 1 heterocycles. The van der Waals surface area contributed by atoms with Crippen LogP contribution >= 0.6 is 39.3 Å². The normalized spacial score (nSPS) is 15.0. The van der Waals surface area contributed by atoms with Crippen LogP contribution in [0.5, 0.6) is 5.75 Å². The highest BCUT2D eigenvalue weighted by Gasteiger charge is 2.25. The molecule has 3 nitrogen and oxygen atoms in total. The molecule has 1 fully saturated rings. The van der Waals surface area contributed by atoms with Crippen LogP contribution in [0.1, 0.15) is 53.8 Å². The first kappa shape index (κ1) is 20.8. The fourth-order valence-electron chi connectivity index (χ4n) is 3.80. The molecule has 1 aromatic heterocycles. The Labute approximate surface area is 188 Å². The molecular weight excluding hydrogens is 472 g/mol. The van der Waals surface area contributed by atoms with Crippen LogP contribution in [0.4, 0.5) is 0 Å². The molecule has 0 bridgehead atoms. The number of hydrogen-bond acceptors (Lipinski definition) is 4. The number of hydrogen-bond donors (Lipinski definition) is 0. The average Bonchev–Trinajstić information content (AvgIpc) is 3.08. The van der Waals surface area contributed by atoms with Crippen LogP contribution in [0.2, 0.25) is 5.02 Å². The molecule has 0 saturated heterocycles. The maximum absolute atomic E-state index is 13.0. The molecule has 0 aliphatic heterocycles. The fourth-order valence-corrected chi connectivity index (χ4v) is 6.16. The first-order valence-electron chi connectivity index (χ1n) is 9.83. The number of carbonyl (C=O) groups is 1. The number of rotatable bonds is 5. The van der Waals surface area contributed by atoms with E-state index in [-0.39, 0.29) is 5.76 Å². The van der Waals surface area contributed by atoms with E-state index in [0.29, 0.717) is 21.6 Å². The molecule has 0 unspecified atom stereocenters. The van der Waals surface area contributed by atoms with E-state index in [9.17, 15) is 4.79 Å². The van der Waals surface area contributed by atoms with Crippen LogP contribution in [-0.2, 0) is 5.75 Å². The van der Waals surface area contributed by atoms with E-state index in [1.807, 2.05) is 49.0 Å². The van der Waals surface area contributed by atoms with E-state index in [2.05, 4.69) is 15.9 Å². The molecule has 0 atom stereocenters. The minimum Gasteiger partial charge on any atom is -0.449 e. The van der Waals surface area contributed by atoms with Crippen LogP contribution in [0.25, 0.3) is 11.0 Å². The molecule has 1 saturated carbocycles. The lowest BCUT2D eigenvalue weighted by molar-refractivity contribution is 0.0701. The zero-order valence-corrected chi connectivity index (χ0v) is 19.3. The van der Waals surface area contributed by atoms with E-state index >= 15 is 0 Å². The SMILES string of the molecule is Cc1cc(Br)cc(Cl)c1OC(=O)c1oc2ccccc2c1CSC1CCCCC1. The summed E-state index contributed by atoms with van der Waals surface area (Å²) < 4.78 is 12.5. The van der Waals surface area contributed by atoms with Crippen LogP contribution in [0.3, 0.4) is 0 Å². The third kappa shape index (κ3) is 4.68. The molecule has 152 valence electrons. The Morgan fingerprint density at radius 1 is 1.24 bits per heavy atom. The number of carbonyl (C=O) groups excluding carboxylic acids is 1. The van der Waals surface area contributed by atoms with Gasteiger partial charge in [0.2, 0.25) is 5.76 Å². The van der Waals surface area contributed by atoms with Crippen molar-refractivity contribution < 1.29 is 13.9 Å². The molecule has 2 aromatic carbocycles. The molecule has 0 amide bonds. The van der Waals surface area contributed by atoms with Gasteiger partial charge in [-0.25, -0.2) is 4.79 Å². The van der Waals surface area contributed by atoms with Crippen molar-refractivity contribution >= 4 is 56.2 Å². The number of para-hydroxylation sites is 1. The first-order valence-corrected chi connectivity index (χ1v) is 12.0. The molecule has 0 N–H and O–H groups in total. The van der Waals surface area contributed by atoms with Gasteiger partial charge in [-0.15, -0.1) is 0 Å². The molecule has 0 spiro atoms. The Morgan fingerprint density at radius 3 is 2.76 bits per heavy atom. The molecule has 1 aliphatic rings. The summed E-state index contributed by atoms with van der Waals surface area (Å²) in [6.07, 6.45) is 6.40. The molecule has 1 aliphatic carbocycles. The summed E-state index contributed by atoms with van der Waals surface area (Å²) >= 11 is 11.6. The summed E-state index contributed by atoms with van der Waals surface area (Å²) in [4.78, 5) is 13.0. The van der Waals surface area contributed by atoms with Crippen molar-refractivity contribution in [2.75, 3.05) is 0 Å². The quantitative estimate of drug-likeness (QED) is 0.267. The lowest BCUT2D eigenvalue weighted by Crippen LogP contribution is -2.12. The monoisotopic (exact) mass is 492 g/mol. The Bertz CT molecular complexity index is 1020. The second-order valence-electron chi connectivity index (χ2n) is 7.40. The molecular formula is C23H22BrClO3S. The number of esters is 1. The predicted molar refractivity (Wildman–Crippen MR) is 123 cm³/mol. The van der Waals surface area contributed by atoms with Crippen LogP contribution in [0.15, 0.2) is 45.3 Å². The maximum atomic E-state index is 13.0. The van der Waals surface area contributed by atoms with E-state index in [1.54, 1.807) is 6.07 Å². The van der Waals surface area contributed by atoms with Crippen molar-refractivity contribution in [2.45, 2.75) is 50.0 Å². The smallest absolute Gasteiger partial charge is 0.380 e. The predicted octanol–water partition coefficient (Wildman–Crippen LogP) is 7.94. The summed E-state index contributed by atoms with van der Waals surface area (Å²) in [7, 11) is 0. The van der Waals surface area contributed by atoms with Crippen LogP contribution in [-0.4, -0.2) is 11.2 Å².